The van der Waals surface area contributed by atoms with Gasteiger partial charge in [-0.05, 0) is 36.2 Å². The third-order valence-corrected chi connectivity index (χ3v) is 5.55. The van der Waals surface area contributed by atoms with Crippen molar-refractivity contribution in [1.82, 2.24) is 4.57 Å². The maximum Gasteiger partial charge on any atom is 0.271 e. The lowest BCUT2D eigenvalue weighted by atomic mass is 10.1. The third-order valence-electron chi connectivity index (χ3n) is 5.55. The van der Waals surface area contributed by atoms with E-state index in [9.17, 15) is 15.2 Å². The molecule has 0 saturated carbocycles. The van der Waals surface area contributed by atoms with Crippen LogP contribution in [-0.4, -0.2) is 20.8 Å². The minimum atomic E-state index is -0.500. The number of aromatic hydroxyl groups is 1. The predicted molar refractivity (Wildman–Crippen MR) is 126 cm³/mol. The number of nitrogens with zero attached hydrogens (tertiary/aromatic N) is 3. The smallest absolute Gasteiger partial charge is 0.271 e. The number of nitro groups is 1. The van der Waals surface area contributed by atoms with Gasteiger partial charge in [-0.25, -0.2) is 0 Å². The Morgan fingerprint density at radius 1 is 1.00 bits per heavy atom. The normalized spacial score (nSPS) is 11.6. The van der Waals surface area contributed by atoms with E-state index in [1.807, 2.05) is 12.1 Å². The van der Waals surface area contributed by atoms with E-state index >= 15 is 0 Å². The summed E-state index contributed by atoms with van der Waals surface area (Å²) in [5.41, 5.74) is 3.35. The number of para-hydroxylation sites is 1. The van der Waals surface area contributed by atoms with E-state index in [2.05, 4.69) is 46.8 Å². The van der Waals surface area contributed by atoms with Crippen molar-refractivity contribution in [3.05, 3.63) is 76.3 Å². The fourth-order valence-corrected chi connectivity index (χ4v) is 3.96. The number of aryl methyl sites for hydroxylation is 1. The lowest BCUT2D eigenvalue weighted by Crippen LogP contribution is -1.97. The first-order valence-electron chi connectivity index (χ1n) is 10.6. The van der Waals surface area contributed by atoms with Crippen molar-refractivity contribution in [3.63, 3.8) is 0 Å². The van der Waals surface area contributed by atoms with Crippen LogP contribution in [0.15, 0.2) is 65.7 Å². The first-order valence-corrected chi connectivity index (χ1v) is 10.6. The van der Waals surface area contributed by atoms with Crippen molar-refractivity contribution in [2.45, 2.75) is 39.2 Å². The molecule has 0 saturated heterocycles. The van der Waals surface area contributed by atoms with Crippen molar-refractivity contribution in [1.29, 1.82) is 0 Å². The number of unbranched alkanes of at least 4 members (excludes halogenated alkanes) is 3. The van der Waals surface area contributed by atoms with Gasteiger partial charge in [0.1, 0.15) is 11.4 Å². The summed E-state index contributed by atoms with van der Waals surface area (Å²) in [7, 11) is 0. The number of benzene rings is 3. The monoisotopic (exact) mass is 415 g/mol. The molecule has 0 radical (unpaired) electrons. The van der Waals surface area contributed by atoms with Crippen LogP contribution < -0.4 is 0 Å². The van der Waals surface area contributed by atoms with Gasteiger partial charge < -0.3 is 9.67 Å². The molecule has 6 heteroatoms. The van der Waals surface area contributed by atoms with Gasteiger partial charge in [-0.1, -0.05) is 50.5 Å². The van der Waals surface area contributed by atoms with Gasteiger partial charge in [0.15, 0.2) is 0 Å². The number of aromatic nitrogens is 1. The first kappa shape index (κ1) is 20.6. The number of fused-ring (bicyclic) bond motifs is 3. The molecule has 31 heavy (non-hydrogen) atoms. The highest BCUT2D eigenvalue weighted by Gasteiger charge is 2.11. The summed E-state index contributed by atoms with van der Waals surface area (Å²) < 4.78 is 2.38. The molecule has 0 spiro atoms. The first-order chi connectivity index (χ1) is 15.1. The molecular weight excluding hydrogens is 390 g/mol. The molecule has 0 fully saturated rings. The van der Waals surface area contributed by atoms with Gasteiger partial charge in [-0.3, -0.25) is 15.1 Å². The van der Waals surface area contributed by atoms with Gasteiger partial charge >= 0.3 is 0 Å². The topological polar surface area (TPSA) is 80.7 Å². The Labute approximate surface area is 180 Å². The maximum atomic E-state index is 11.0. The van der Waals surface area contributed by atoms with Crippen molar-refractivity contribution < 1.29 is 10.0 Å². The lowest BCUT2D eigenvalue weighted by molar-refractivity contribution is -0.384. The fourth-order valence-electron chi connectivity index (χ4n) is 3.96. The van der Waals surface area contributed by atoms with Crippen LogP contribution in [0.4, 0.5) is 11.4 Å². The molecule has 0 aliphatic heterocycles. The zero-order chi connectivity index (χ0) is 21.8. The second-order valence-electron chi connectivity index (χ2n) is 7.69. The Kier molecular flexibility index (Phi) is 5.98. The van der Waals surface area contributed by atoms with Crippen molar-refractivity contribution in [2.75, 3.05) is 0 Å². The summed E-state index contributed by atoms with van der Waals surface area (Å²) in [6, 6.07) is 18.4. The van der Waals surface area contributed by atoms with E-state index in [1.165, 1.54) is 53.9 Å². The highest BCUT2D eigenvalue weighted by molar-refractivity contribution is 6.09. The van der Waals surface area contributed by atoms with Crippen LogP contribution in [-0.2, 0) is 6.54 Å². The molecule has 4 rings (SSSR count). The van der Waals surface area contributed by atoms with Gasteiger partial charge in [0.2, 0.25) is 0 Å². The largest absolute Gasteiger partial charge is 0.506 e. The predicted octanol–water partition coefficient (Wildman–Crippen LogP) is 6.74. The number of hydrogen-bond donors (Lipinski definition) is 1. The molecule has 0 aliphatic carbocycles. The van der Waals surface area contributed by atoms with Gasteiger partial charge in [-0.15, -0.1) is 0 Å². The van der Waals surface area contributed by atoms with Crippen LogP contribution in [0.5, 0.6) is 5.75 Å². The highest BCUT2D eigenvalue weighted by atomic mass is 16.6. The second kappa shape index (κ2) is 9.00. The van der Waals surface area contributed by atoms with E-state index < -0.39 is 4.92 Å². The summed E-state index contributed by atoms with van der Waals surface area (Å²) in [6.07, 6.45) is 6.47. The zero-order valence-electron chi connectivity index (χ0n) is 17.5. The number of nitro benzene ring substituents is 1. The minimum absolute atomic E-state index is 0.0911. The zero-order valence-corrected chi connectivity index (χ0v) is 17.5. The van der Waals surface area contributed by atoms with Gasteiger partial charge in [0.05, 0.1) is 4.92 Å². The Bertz CT molecular complexity index is 1270. The third kappa shape index (κ3) is 4.28. The Hall–Kier alpha value is -3.67. The molecule has 0 amide bonds. The van der Waals surface area contributed by atoms with Crippen LogP contribution in [0.25, 0.3) is 21.8 Å². The van der Waals surface area contributed by atoms with E-state index in [0.29, 0.717) is 0 Å². The fraction of sp³-hybridized carbons (Fsp3) is 0.240. The van der Waals surface area contributed by atoms with Gasteiger partial charge in [-0.2, -0.15) is 0 Å². The van der Waals surface area contributed by atoms with E-state index in [0.717, 1.165) is 23.9 Å². The highest BCUT2D eigenvalue weighted by Crippen LogP contribution is 2.32. The summed E-state index contributed by atoms with van der Waals surface area (Å²) >= 11 is 0. The van der Waals surface area contributed by atoms with Crippen LogP contribution >= 0.6 is 0 Å². The molecule has 1 aromatic heterocycles. The molecule has 0 bridgehead atoms. The average Bonchev–Trinajstić information content (AvgIpc) is 3.09. The van der Waals surface area contributed by atoms with Crippen LogP contribution in [0, 0.1) is 10.1 Å². The van der Waals surface area contributed by atoms with Crippen LogP contribution in [0.1, 0.15) is 38.2 Å². The van der Waals surface area contributed by atoms with Crippen molar-refractivity contribution >= 4 is 39.4 Å². The number of aliphatic imine (C=N–C) groups is 1. The molecule has 1 N–H and O–H groups in total. The SMILES string of the molecule is CCCCCCn1c2ccccc2c2cc(C=Nc3cc([N+](=O)[O-])ccc3O)ccc21. The maximum absolute atomic E-state index is 11.0. The molecule has 3 aromatic carbocycles. The summed E-state index contributed by atoms with van der Waals surface area (Å²) in [4.78, 5) is 14.8. The van der Waals surface area contributed by atoms with Crippen LogP contribution in [0.3, 0.4) is 0 Å². The quantitative estimate of drug-likeness (QED) is 0.150. The Morgan fingerprint density at radius 2 is 1.81 bits per heavy atom. The molecule has 4 aromatic rings. The molecule has 0 atom stereocenters. The summed E-state index contributed by atoms with van der Waals surface area (Å²) in [5.74, 6) is -0.0911. The summed E-state index contributed by atoms with van der Waals surface area (Å²) in [5, 5.41) is 23.3. The Morgan fingerprint density at radius 3 is 2.61 bits per heavy atom. The van der Waals surface area contributed by atoms with E-state index in [1.54, 1.807) is 6.21 Å². The molecule has 0 unspecified atom stereocenters. The van der Waals surface area contributed by atoms with Gasteiger partial charge in [0.25, 0.3) is 5.69 Å². The van der Waals surface area contributed by atoms with Crippen molar-refractivity contribution in [2.24, 2.45) is 4.99 Å². The molecule has 0 aliphatic rings. The molecule has 158 valence electrons. The Balaban J connectivity index is 1.70. The lowest BCUT2D eigenvalue weighted by Gasteiger charge is -2.07. The number of non-ortho nitro benzene ring substituents is 1. The molecular formula is C25H25N3O3. The number of phenols is 1. The second-order valence-corrected chi connectivity index (χ2v) is 7.69. The van der Waals surface area contributed by atoms with Crippen molar-refractivity contribution in [3.8, 4) is 5.75 Å². The van der Waals surface area contributed by atoms with E-state index in [-0.39, 0.29) is 17.1 Å². The van der Waals surface area contributed by atoms with Gasteiger partial charge in [0, 0.05) is 46.7 Å². The average molecular weight is 415 g/mol. The number of hydrogen-bond acceptors (Lipinski definition) is 4. The van der Waals surface area contributed by atoms with E-state index in [4.69, 9.17) is 0 Å². The number of rotatable bonds is 8. The number of phenolic OH excluding ortho intramolecular Hbond substituents is 1. The molecule has 1 heterocycles. The summed E-state index contributed by atoms with van der Waals surface area (Å²) in [6.45, 7) is 3.20. The standard InChI is InChI=1S/C25H25N3O3/c1-2-3-4-7-14-27-23-9-6-5-8-20(23)21-15-18(10-12-24(21)27)17-26-22-16-19(28(30)31)11-13-25(22)29/h5-6,8-13,15-17,29H,2-4,7,14H2,1H3. The minimum Gasteiger partial charge on any atom is -0.506 e. The molecule has 6 nitrogen and oxygen atoms in total. The van der Waals surface area contributed by atoms with Crippen LogP contribution in [0.2, 0.25) is 0 Å².